The number of rotatable bonds is 6. The zero-order valence-corrected chi connectivity index (χ0v) is 13.8. The lowest BCUT2D eigenvalue weighted by molar-refractivity contribution is 0.581. The van der Waals surface area contributed by atoms with Crippen LogP contribution in [0.25, 0.3) is 5.95 Å². The van der Waals surface area contributed by atoms with Crippen molar-refractivity contribution in [2.75, 3.05) is 5.32 Å². The molecule has 0 saturated carbocycles. The highest BCUT2D eigenvalue weighted by molar-refractivity contribution is 5.41. The number of aromatic nitrogens is 4. The van der Waals surface area contributed by atoms with Gasteiger partial charge in [-0.2, -0.15) is 5.10 Å². The summed E-state index contributed by atoms with van der Waals surface area (Å²) in [5.74, 6) is 0.717. The molecular formula is C18H21N5O. The molecule has 2 atom stereocenters. The van der Waals surface area contributed by atoms with Crippen LogP contribution in [0.3, 0.4) is 0 Å². The first-order valence-electron chi connectivity index (χ1n) is 8.10. The largest absolute Gasteiger partial charge is 0.376 e. The maximum Gasteiger partial charge on any atom is 0.275 e. The number of hydrogen-bond donors (Lipinski definition) is 2. The van der Waals surface area contributed by atoms with Gasteiger partial charge in [-0.05, 0) is 25.0 Å². The van der Waals surface area contributed by atoms with E-state index in [9.17, 15) is 4.79 Å². The molecule has 2 N–H and O–H groups in total. The molecule has 3 rings (SSSR count). The summed E-state index contributed by atoms with van der Waals surface area (Å²) in [6, 6.07) is 12.2. The molecule has 124 valence electrons. The lowest BCUT2D eigenvalue weighted by Crippen LogP contribution is -2.28. The van der Waals surface area contributed by atoms with Crippen molar-refractivity contribution >= 4 is 5.69 Å². The topological polar surface area (TPSA) is 75.6 Å². The minimum atomic E-state index is -0.203. The molecule has 6 nitrogen and oxygen atoms in total. The second-order valence-electron chi connectivity index (χ2n) is 5.76. The minimum absolute atomic E-state index is 0.107. The predicted octanol–water partition coefficient (Wildman–Crippen LogP) is 2.95. The summed E-state index contributed by atoms with van der Waals surface area (Å²) in [7, 11) is 0. The van der Waals surface area contributed by atoms with Gasteiger partial charge in [-0.25, -0.2) is 9.67 Å². The molecule has 0 spiro atoms. The second-order valence-corrected chi connectivity index (χ2v) is 5.76. The van der Waals surface area contributed by atoms with Gasteiger partial charge in [-0.15, -0.1) is 0 Å². The molecule has 0 aliphatic carbocycles. The maximum absolute atomic E-state index is 12.3. The zero-order chi connectivity index (χ0) is 16.9. The fourth-order valence-corrected chi connectivity index (χ4v) is 2.92. The van der Waals surface area contributed by atoms with Gasteiger partial charge in [0.1, 0.15) is 5.69 Å². The van der Waals surface area contributed by atoms with Crippen LogP contribution in [0.15, 0.2) is 59.8 Å². The van der Waals surface area contributed by atoms with Crippen molar-refractivity contribution < 1.29 is 0 Å². The van der Waals surface area contributed by atoms with Gasteiger partial charge >= 0.3 is 0 Å². The highest BCUT2D eigenvalue weighted by atomic mass is 16.1. The highest BCUT2D eigenvalue weighted by Gasteiger charge is 2.18. The second kappa shape index (κ2) is 7.12. The lowest BCUT2D eigenvalue weighted by atomic mass is 9.90. The third-order valence-electron chi connectivity index (χ3n) is 4.16. The quantitative estimate of drug-likeness (QED) is 0.731. The summed E-state index contributed by atoms with van der Waals surface area (Å²) in [5, 5.41) is 7.36. The van der Waals surface area contributed by atoms with E-state index in [1.807, 2.05) is 18.2 Å². The van der Waals surface area contributed by atoms with E-state index < -0.39 is 0 Å². The summed E-state index contributed by atoms with van der Waals surface area (Å²) in [4.78, 5) is 19.3. The number of nitrogens with zero attached hydrogens (tertiary/aromatic N) is 3. The fraction of sp³-hybridized carbons (Fsp3) is 0.278. The van der Waals surface area contributed by atoms with Gasteiger partial charge in [0.25, 0.3) is 5.56 Å². The standard InChI is InChI=1S/C18H21N5O/c1-3-15(14-8-5-4-6-9-14)13(2)21-16-12-19-18(22-17(16)24)23-11-7-10-20-23/h4-13,15,21H,3H2,1-2H3,(H,19,22,24). The van der Waals surface area contributed by atoms with Crippen molar-refractivity contribution in [1.29, 1.82) is 0 Å². The maximum atomic E-state index is 12.3. The fourth-order valence-electron chi connectivity index (χ4n) is 2.92. The summed E-state index contributed by atoms with van der Waals surface area (Å²) >= 11 is 0. The molecule has 24 heavy (non-hydrogen) atoms. The Morgan fingerprint density at radius 2 is 2.04 bits per heavy atom. The summed E-state index contributed by atoms with van der Waals surface area (Å²) < 4.78 is 1.52. The van der Waals surface area contributed by atoms with Gasteiger partial charge in [-0.3, -0.25) is 9.78 Å². The van der Waals surface area contributed by atoms with E-state index >= 15 is 0 Å². The van der Waals surface area contributed by atoms with E-state index in [1.165, 1.54) is 10.2 Å². The molecule has 0 aliphatic heterocycles. The van der Waals surface area contributed by atoms with E-state index in [2.05, 4.69) is 46.4 Å². The molecule has 0 fully saturated rings. The van der Waals surface area contributed by atoms with Crippen LogP contribution in [-0.4, -0.2) is 25.8 Å². The smallest absolute Gasteiger partial charge is 0.275 e. The number of hydrogen-bond acceptors (Lipinski definition) is 4. The Hall–Kier alpha value is -2.89. The molecule has 2 aromatic heterocycles. The zero-order valence-electron chi connectivity index (χ0n) is 13.8. The van der Waals surface area contributed by atoms with Crippen molar-refractivity contribution in [3.63, 3.8) is 0 Å². The van der Waals surface area contributed by atoms with Gasteiger partial charge in [0.05, 0.1) is 6.20 Å². The molecule has 0 aliphatic rings. The van der Waals surface area contributed by atoms with Crippen molar-refractivity contribution in [3.05, 3.63) is 70.9 Å². The third-order valence-corrected chi connectivity index (χ3v) is 4.16. The summed E-state index contributed by atoms with van der Waals surface area (Å²) in [5.41, 5.74) is 1.52. The van der Waals surface area contributed by atoms with Crippen molar-refractivity contribution in [2.24, 2.45) is 0 Å². The number of nitrogens with one attached hydrogen (secondary N) is 2. The normalized spacial score (nSPS) is 13.4. The average Bonchev–Trinajstić information content (AvgIpc) is 3.13. The van der Waals surface area contributed by atoms with Crippen LogP contribution >= 0.6 is 0 Å². The van der Waals surface area contributed by atoms with Crippen LogP contribution in [0.4, 0.5) is 5.69 Å². The van der Waals surface area contributed by atoms with E-state index in [0.29, 0.717) is 17.6 Å². The Kier molecular flexibility index (Phi) is 4.74. The molecule has 6 heteroatoms. The van der Waals surface area contributed by atoms with Crippen molar-refractivity contribution in [3.8, 4) is 5.95 Å². The molecule has 2 unspecified atom stereocenters. The molecule has 1 aromatic carbocycles. The summed E-state index contributed by atoms with van der Waals surface area (Å²) in [6.07, 6.45) is 5.91. The minimum Gasteiger partial charge on any atom is -0.376 e. The van der Waals surface area contributed by atoms with Gasteiger partial charge in [0.2, 0.25) is 5.95 Å². The number of H-pyrrole nitrogens is 1. The van der Waals surface area contributed by atoms with Crippen molar-refractivity contribution in [1.82, 2.24) is 19.7 Å². The van der Waals surface area contributed by atoms with E-state index in [4.69, 9.17) is 0 Å². The van der Waals surface area contributed by atoms with Crippen LogP contribution in [-0.2, 0) is 0 Å². The van der Waals surface area contributed by atoms with Crippen LogP contribution in [0, 0.1) is 0 Å². The van der Waals surface area contributed by atoms with Gasteiger partial charge in [-0.1, -0.05) is 37.3 Å². The molecule has 3 aromatic rings. The van der Waals surface area contributed by atoms with E-state index in [0.717, 1.165) is 6.42 Å². The Bertz CT molecular complexity index is 826. The molecule has 0 amide bonds. The molecular weight excluding hydrogens is 302 g/mol. The van der Waals surface area contributed by atoms with Crippen LogP contribution in [0.2, 0.25) is 0 Å². The molecule has 0 radical (unpaired) electrons. The first-order valence-corrected chi connectivity index (χ1v) is 8.10. The number of aromatic amines is 1. The monoisotopic (exact) mass is 323 g/mol. The average molecular weight is 323 g/mol. The van der Waals surface area contributed by atoms with Crippen molar-refractivity contribution in [2.45, 2.75) is 32.2 Å². The Morgan fingerprint density at radius 1 is 1.25 bits per heavy atom. The summed E-state index contributed by atoms with van der Waals surface area (Å²) in [6.45, 7) is 4.24. The number of anilines is 1. The molecule has 2 heterocycles. The highest BCUT2D eigenvalue weighted by Crippen LogP contribution is 2.24. The third kappa shape index (κ3) is 3.37. The van der Waals surface area contributed by atoms with Gasteiger partial charge < -0.3 is 5.32 Å². The van der Waals surface area contributed by atoms with Crippen LogP contribution < -0.4 is 10.9 Å². The van der Waals surface area contributed by atoms with E-state index in [1.54, 1.807) is 24.7 Å². The van der Waals surface area contributed by atoms with Crippen LogP contribution in [0.1, 0.15) is 31.7 Å². The Morgan fingerprint density at radius 3 is 2.67 bits per heavy atom. The SMILES string of the molecule is CCC(c1ccccc1)C(C)Nc1cnc(-n2cccn2)[nH]c1=O. The lowest BCUT2D eigenvalue weighted by Gasteiger charge is -2.24. The van der Waals surface area contributed by atoms with E-state index in [-0.39, 0.29) is 11.6 Å². The Balaban J connectivity index is 1.79. The first kappa shape index (κ1) is 16.0. The molecule has 0 saturated heterocycles. The molecule has 0 bridgehead atoms. The number of benzene rings is 1. The van der Waals surface area contributed by atoms with Crippen LogP contribution in [0.5, 0.6) is 0 Å². The first-order chi connectivity index (χ1) is 11.7. The van der Waals surface area contributed by atoms with Gasteiger partial charge in [0, 0.05) is 24.4 Å². The van der Waals surface area contributed by atoms with Gasteiger partial charge in [0.15, 0.2) is 0 Å². The Labute approximate surface area is 140 Å². The predicted molar refractivity (Wildman–Crippen MR) is 94.5 cm³/mol.